The van der Waals surface area contributed by atoms with Crippen LogP contribution in [0.25, 0.3) is 6.08 Å². The Labute approximate surface area is 153 Å². The standard InChI is InChI=1S/C21H25NO4/c1-4-6-7-9-17(23)18-16-11-13-10-14(8-5-2)22-12-15(13)19(24)21(16,3)26-20(18)25/h5,8,10,12,16,18H,4,6-7,9,11H2,1-3H3. The van der Waals surface area contributed by atoms with Gasteiger partial charge in [0.05, 0.1) is 5.69 Å². The van der Waals surface area contributed by atoms with E-state index in [1.807, 2.05) is 25.1 Å². The van der Waals surface area contributed by atoms with E-state index in [4.69, 9.17) is 4.74 Å². The maximum atomic E-state index is 13.0. The number of nitrogens with zero attached hydrogens (tertiary/aromatic N) is 1. The van der Waals surface area contributed by atoms with Gasteiger partial charge in [-0.05, 0) is 44.4 Å². The minimum Gasteiger partial charge on any atom is -0.450 e. The molecule has 2 aliphatic rings. The number of carbonyl (C=O) groups is 3. The molecular formula is C21H25NO4. The minimum absolute atomic E-state index is 0.101. The molecule has 5 nitrogen and oxygen atoms in total. The molecule has 2 heterocycles. The fourth-order valence-electron chi connectivity index (χ4n) is 4.07. The topological polar surface area (TPSA) is 73.3 Å². The first kappa shape index (κ1) is 18.5. The number of carbonyl (C=O) groups excluding carboxylic acids is 3. The average Bonchev–Trinajstić information content (AvgIpc) is 2.86. The van der Waals surface area contributed by atoms with Crippen molar-refractivity contribution in [1.82, 2.24) is 4.98 Å². The number of Topliss-reactive ketones (excluding diaryl/α,β-unsaturated/α-hetero) is 2. The van der Waals surface area contributed by atoms with Gasteiger partial charge in [0.25, 0.3) is 0 Å². The van der Waals surface area contributed by atoms with Gasteiger partial charge in [0, 0.05) is 24.1 Å². The number of fused-ring (bicyclic) bond motifs is 2. The zero-order chi connectivity index (χ0) is 18.9. The van der Waals surface area contributed by atoms with E-state index in [2.05, 4.69) is 11.9 Å². The van der Waals surface area contributed by atoms with E-state index < -0.39 is 23.4 Å². The molecule has 3 rings (SSSR count). The van der Waals surface area contributed by atoms with Gasteiger partial charge in [0.15, 0.2) is 5.60 Å². The molecule has 0 spiro atoms. The van der Waals surface area contributed by atoms with E-state index in [1.165, 1.54) is 0 Å². The van der Waals surface area contributed by atoms with Crippen molar-refractivity contribution in [2.24, 2.45) is 11.8 Å². The van der Waals surface area contributed by atoms with E-state index in [0.717, 1.165) is 30.5 Å². The number of ketones is 2. The van der Waals surface area contributed by atoms with Crippen molar-refractivity contribution in [3.63, 3.8) is 0 Å². The van der Waals surface area contributed by atoms with E-state index in [1.54, 1.807) is 13.1 Å². The number of aromatic nitrogens is 1. The Morgan fingerprint density at radius 2 is 2.15 bits per heavy atom. The van der Waals surface area contributed by atoms with Gasteiger partial charge in [-0.2, -0.15) is 0 Å². The third-order valence-electron chi connectivity index (χ3n) is 5.53. The maximum absolute atomic E-state index is 13.0. The summed E-state index contributed by atoms with van der Waals surface area (Å²) in [5, 5.41) is 0. The monoisotopic (exact) mass is 355 g/mol. The number of hydrogen-bond donors (Lipinski definition) is 0. The van der Waals surface area contributed by atoms with Gasteiger partial charge in [-0.1, -0.05) is 25.8 Å². The largest absolute Gasteiger partial charge is 0.450 e. The molecule has 3 unspecified atom stereocenters. The number of rotatable bonds is 6. The summed E-state index contributed by atoms with van der Waals surface area (Å²) in [6.07, 6.45) is 8.86. The zero-order valence-electron chi connectivity index (χ0n) is 15.6. The Bertz CT molecular complexity index is 782. The highest BCUT2D eigenvalue weighted by molar-refractivity contribution is 6.11. The Balaban J connectivity index is 1.93. The third kappa shape index (κ3) is 3.00. The summed E-state index contributed by atoms with van der Waals surface area (Å²) in [5.41, 5.74) is 0.826. The minimum atomic E-state index is -1.26. The lowest BCUT2D eigenvalue weighted by atomic mass is 9.68. The number of allylic oxidation sites excluding steroid dienone is 1. The van der Waals surface area contributed by atoms with E-state index in [-0.39, 0.29) is 11.6 Å². The second-order valence-corrected chi connectivity index (χ2v) is 7.34. The van der Waals surface area contributed by atoms with Crippen LogP contribution in [0.4, 0.5) is 0 Å². The SMILES string of the molecule is CC=Cc1cc2c(cn1)C(=O)C1(C)OC(=O)C(C(=O)CCCCC)C1C2. The number of ether oxygens (including phenoxy) is 1. The van der Waals surface area contributed by atoms with Crippen LogP contribution in [0.2, 0.25) is 0 Å². The Kier molecular flexibility index (Phi) is 5.08. The fourth-order valence-corrected chi connectivity index (χ4v) is 4.07. The fraction of sp³-hybridized carbons (Fsp3) is 0.524. The van der Waals surface area contributed by atoms with Gasteiger partial charge in [0.2, 0.25) is 5.78 Å². The molecule has 3 atom stereocenters. The van der Waals surface area contributed by atoms with E-state index >= 15 is 0 Å². The molecular weight excluding hydrogens is 330 g/mol. The molecule has 1 aliphatic carbocycles. The summed E-state index contributed by atoms with van der Waals surface area (Å²) in [7, 11) is 0. The molecule has 5 heteroatoms. The third-order valence-corrected chi connectivity index (χ3v) is 5.53. The van der Waals surface area contributed by atoms with Crippen LogP contribution in [0, 0.1) is 11.8 Å². The molecule has 0 amide bonds. The van der Waals surface area contributed by atoms with Crippen LogP contribution in [0.1, 0.15) is 68.1 Å². The van der Waals surface area contributed by atoms with Gasteiger partial charge in [-0.15, -0.1) is 0 Å². The molecule has 0 bridgehead atoms. The summed E-state index contributed by atoms with van der Waals surface area (Å²) in [4.78, 5) is 42.4. The summed E-state index contributed by atoms with van der Waals surface area (Å²) in [6, 6.07) is 1.87. The van der Waals surface area contributed by atoms with Crippen LogP contribution < -0.4 is 0 Å². The van der Waals surface area contributed by atoms with Crippen molar-refractivity contribution in [2.45, 2.75) is 58.5 Å². The molecule has 26 heavy (non-hydrogen) atoms. The van der Waals surface area contributed by atoms with Crippen molar-refractivity contribution >= 4 is 23.6 Å². The van der Waals surface area contributed by atoms with Gasteiger partial charge in [0.1, 0.15) is 11.7 Å². The molecule has 0 saturated carbocycles. The van der Waals surface area contributed by atoms with Crippen LogP contribution in [0.15, 0.2) is 18.3 Å². The highest BCUT2D eigenvalue weighted by atomic mass is 16.6. The summed E-state index contributed by atoms with van der Waals surface area (Å²) in [6.45, 7) is 5.61. The summed E-state index contributed by atoms with van der Waals surface area (Å²) >= 11 is 0. The van der Waals surface area contributed by atoms with Crippen molar-refractivity contribution in [2.75, 3.05) is 0 Å². The van der Waals surface area contributed by atoms with Gasteiger partial charge < -0.3 is 4.74 Å². The molecule has 138 valence electrons. The number of pyridine rings is 1. The predicted octanol–water partition coefficient (Wildman–Crippen LogP) is 3.55. The first-order chi connectivity index (χ1) is 12.4. The summed E-state index contributed by atoms with van der Waals surface area (Å²) in [5.74, 6) is -2.18. The van der Waals surface area contributed by atoms with Gasteiger partial charge >= 0.3 is 5.97 Å². The van der Waals surface area contributed by atoms with Crippen molar-refractivity contribution < 1.29 is 19.1 Å². The van der Waals surface area contributed by atoms with Crippen LogP contribution in [-0.4, -0.2) is 28.1 Å². The van der Waals surface area contributed by atoms with Crippen LogP contribution in [0.3, 0.4) is 0 Å². The lowest BCUT2D eigenvalue weighted by Crippen LogP contribution is -2.47. The number of unbranched alkanes of at least 4 members (excludes halogenated alkanes) is 2. The second-order valence-electron chi connectivity index (χ2n) is 7.34. The number of hydrogen-bond acceptors (Lipinski definition) is 5. The first-order valence-corrected chi connectivity index (χ1v) is 9.34. The van der Waals surface area contributed by atoms with E-state index in [9.17, 15) is 14.4 Å². The second kappa shape index (κ2) is 7.14. The van der Waals surface area contributed by atoms with Crippen molar-refractivity contribution in [3.05, 3.63) is 35.2 Å². The van der Waals surface area contributed by atoms with Crippen LogP contribution in [-0.2, 0) is 20.7 Å². The van der Waals surface area contributed by atoms with Gasteiger partial charge in [-0.3, -0.25) is 19.4 Å². The molecule has 1 saturated heterocycles. The Morgan fingerprint density at radius 3 is 2.85 bits per heavy atom. The lowest BCUT2D eigenvalue weighted by Gasteiger charge is -2.34. The van der Waals surface area contributed by atoms with E-state index in [0.29, 0.717) is 18.4 Å². The Hall–Kier alpha value is -2.30. The normalized spacial score (nSPS) is 27.3. The lowest BCUT2D eigenvalue weighted by molar-refractivity contribution is -0.149. The zero-order valence-corrected chi connectivity index (χ0v) is 15.6. The smallest absolute Gasteiger partial charge is 0.317 e. The molecule has 0 N–H and O–H groups in total. The predicted molar refractivity (Wildman–Crippen MR) is 97.6 cm³/mol. The van der Waals surface area contributed by atoms with Crippen LogP contribution >= 0.6 is 0 Å². The molecule has 1 aromatic rings. The average molecular weight is 355 g/mol. The molecule has 0 radical (unpaired) electrons. The van der Waals surface area contributed by atoms with Crippen molar-refractivity contribution in [3.8, 4) is 0 Å². The summed E-state index contributed by atoms with van der Waals surface area (Å²) < 4.78 is 5.49. The molecule has 0 aromatic carbocycles. The van der Waals surface area contributed by atoms with Crippen LogP contribution in [0.5, 0.6) is 0 Å². The highest BCUT2D eigenvalue weighted by Crippen LogP contribution is 2.46. The highest BCUT2D eigenvalue weighted by Gasteiger charge is 2.61. The number of esters is 1. The van der Waals surface area contributed by atoms with Gasteiger partial charge in [-0.25, -0.2) is 0 Å². The van der Waals surface area contributed by atoms with Crippen molar-refractivity contribution in [1.29, 1.82) is 0 Å². The maximum Gasteiger partial charge on any atom is 0.317 e. The quantitative estimate of drug-likeness (QED) is 0.443. The molecule has 1 fully saturated rings. The molecule has 1 aromatic heterocycles. The first-order valence-electron chi connectivity index (χ1n) is 9.34. The molecule has 1 aliphatic heterocycles. The Morgan fingerprint density at radius 1 is 1.38 bits per heavy atom.